The quantitative estimate of drug-likeness (QED) is 0.441. The van der Waals surface area contributed by atoms with E-state index in [1.165, 1.54) is 0 Å². The topological polar surface area (TPSA) is 85.7 Å². The Kier molecular flexibility index (Phi) is 5.85. The van der Waals surface area contributed by atoms with Gasteiger partial charge in [-0.05, 0) is 11.1 Å². The lowest BCUT2D eigenvalue weighted by molar-refractivity contribution is -0.336. The number of nitrogens with zero attached hydrogens (tertiary/aromatic N) is 3. The first-order chi connectivity index (χ1) is 13.8. The first-order valence-electron chi connectivity index (χ1n) is 9.07. The molecule has 2 heterocycles. The van der Waals surface area contributed by atoms with Crippen molar-refractivity contribution in [3.8, 4) is 0 Å². The smallest absolute Gasteiger partial charge is 0.184 e. The third-order valence-electron chi connectivity index (χ3n) is 4.80. The summed E-state index contributed by atoms with van der Waals surface area (Å²) in [7, 11) is 0. The van der Waals surface area contributed by atoms with E-state index >= 15 is 4.39 Å². The summed E-state index contributed by atoms with van der Waals surface area (Å²) in [4.78, 5) is 2.77. The molecule has 2 aromatic rings. The lowest BCUT2D eigenvalue weighted by atomic mass is 9.97. The molecule has 2 aromatic carbocycles. The fourth-order valence-corrected chi connectivity index (χ4v) is 3.39. The van der Waals surface area contributed by atoms with Crippen molar-refractivity contribution >= 4 is 0 Å². The SMILES string of the molecule is [N-]=[N+]=N[C@@H]1[C@@H](OCc2ccccc2)O[C@@H]2COC(c3ccccc3)O[C@H]2[C@H]1F. The molecule has 7 nitrogen and oxygen atoms in total. The Hall–Kier alpha value is -2.48. The fraction of sp³-hybridized carbons (Fsp3) is 0.400. The van der Waals surface area contributed by atoms with Gasteiger partial charge in [0.05, 0.1) is 13.2 Å². The first kappa shape index (κ1) is 18.9. The number of ether oxygens (including phenoxy) is 4. The summed E-state index contributed by atoms with van der Waals surface area (Å²) >= 11 is 0. The van der Waals surface area contributed by atoms with Gasteiger partial charge < -0.3 is 18.9 Å². The van der Waals surface area contributed by atoms with Gasteiger partial charge in [0.2, 0.25) is 0 Å². The second kappa shape index (κ2) is 8.68. The molecule has 1 unspecified atom stereocenters. The monoisotopic (exact) mass is 385 g/mol. The summed E-state index contributed by atoms with van der Waals surface area (Å²) in [5.74, 6) is 0. The molecule has 4 rings (SSSR count). The molecular weight excluding hydrogens is 365 g/mol. The van der Waals surface area contributed by atoms with Crippen LogP contribution in [-0.2, 0) is 25.6 Å². The second-order valence-electron chi connectivity index (χ2n) is 6.66. The van der Waals surface area contributed by atoms with E-state index in [-0.39, 0.29) is 13.2 Å². The first-order valence-corrected chi connectivity index (χ1v) is 9.07. The highest BCUT2D eigenvalue weighted by molar-refractivity contribution is 5.17. The molecule has 2 aliphatic heterocycles. The van der Waals surface area contributed by atoms with Gasteiger partial charge in [-0.3, -0.25) is 0 Å². The summed E-state index contributed by atoms with van der Waals surface area (Å²) in [6.45, 7) is 0.361. The molecule has 28 heavy (non-hydrogen) atoms. The van der Waals surface area contributed by atoms with Crippen LogP contribution in [0.15, 0.2) is 65.8 Å². The molecule has 2 aliphatic rings. The van der Waals surface area contributed by atoms with Gasteiger partial charge in [0, 0.05) is 10.5 Å². The molecule has 0 N–H and O–H groups in total. The molecule has 6 atom stereocenters. The van der Waals surface area contributed by atoms with Crippen molar-refractivity contribution in [2.45, 2.75) is 43.6 Å². The predicted molar refractivity (Wildman–Crippen MR) is 97.7 cm³/mol. The lowest BCUT2D eigenvalue weighted by Crippen LogP contribution is -2.60. The van der Waals surface area contributed by atoms with E-state index in [9.17, 15) is 0 Å². The van der Waals surface area contributed by atoms with Gasteiger partial charge in [-0.1, -0.05) is 65.8 Å². The maximum Gasteiger partial charge on any atom is 0.184 e. The Balaban J connectivity index is 1.47. The standard InChI is InChI=1S/C20H20FN3O4/c21-16-17(23-24-22)20(25-11-13-7-3-1-4-8-13)27-15-12-26-19(28-18(15)16)14-9-5-2-6-10-14/h1-10,15-20H,11-12H2/t15-,16+,17+,18-,19?,20+/m1/s1. The van der Waals surface area contributed by atoms with Gasteiger partial charge in [0.1, 0.15) is 24.4 Å². The van der Waals surface area contributed by atoms with E-state index in [2.05, 4.69) is 10.0 Å². The molecule has 0 radical (unpaired) electrons. The van der Waals surface area contributed by atoms with Crippen molar-refractivity contribution in [1.29, 1.82) is 0 Å². The summed E-state index contributed by atoms with van der Waals surface area (Å²) in [6, 6.07) is 17.6. The van der Waals surface area contributed by atoms with Crippen LogP contribution >= 0.6 is 0 Å². The molecule has 0 amide bonds. The Morgan fingerprint density at radius 3 is 2.50 bits per heavy atom. The summed E-state index contributed by atoms with van der Waals surface area (Å²) in [5.41, 5.74) is 10.6. The zero-order valence-electron chi connectivity index (χ0n) is 15.0. The van der Waals surface area contributed by atoms with Gasteiger partial charge in [-0.25, -0.2) is 4.39 Å². The van der Waals surface area contributed by atoms with E-state index in [1.54, 1.807) is 0 Å². The number of rotatable bonds is 5. The highest BCUT2D eigenvalue weighted by Crippen LogP contribution is 2.36. The van der Waals surface area contributed by atoms with Crippen LogP contribution < -0.4 is 0 Å². The molecule has 2 saturated heterocycles. The van der Waals surface area contributed by atoms with E-state index in [4.69, 9.17) is 24.5 Å². The number of halogens is 1. The molecule has 0 aliphatic carbocycles. The average Bonchev–Trinajstić information content (AvgIpc) is 2.76. The van der Waals surface area contributed by atoms with Crippen LogP contribution in [0.3, 0.4) is 0 Å². The lowest BCUT2D eigenvalue weighted by Gasteiger charge is -2.45. The molecule has 0 bridgehead atoms. The van der Waals surface area contributed by atoms with Crippen molar-refractivity contribution in [3.63, 3.8) is 0 Å². The van der Waals surface area contributed by atoms with Gasteiger partial charge in [0.25, 0.3) is 0 Å². The Bertz CT molecular complexity index is 819. The Morgan fingerprint density at radius 2 is 1.79 bits per heavy atom. The minimum absolute atomic E-state index is 0.152. The molecule has 2 fully saturated rings. The van der Waals surface area contributed by atoms with Crippen LogP contribution in [0.2, 0.25) is 0 Å². The van der Waals surface area contributed by atoms with Crippen molar-refractivity contribution in [2.75, 3.05) is 6.61 Å². The Labute approximate surface area is 161 Å². The zero-order chi connectivity index (χ0) is 19.3. The van der Waals surface area contributed by atoms with Crippen LogP contribution in [0, 0.1) is 0 Å². The molecule has 0 saturated carbocycles. The highest BCUT2D eigenvalue weighted by Gasteiger charge is 2.50. The zero-order valence-corrected chi connectivity index (χ0v) is 15.0. The van der Waals surface area contributed by atoms with Crippen LogP contribution in [0.1, 0.15) is 17.4 Å². The number of fused-ring (bicyclic) bond motifs is 1. The van der Waals surface area contributed by atoms with Gasteiger partial charge in [0.15, 0.2) is 12.6 Å². The minimum atomic E-state index is -1.58. The summed E-state index contributed by atoms with van der Waals surface area (Å²) < 4.78 is 38.3. The van der Waals surface area contributed by atoms with Gasteiger partial charge in [-0.2, -0.15) is 0 Å². The molecule has 0 aromatic heterocycles. The maximum atomic E-state index is 15.2. The normalized spacial score (nSPS) is 32.2. The molecule has 146 valence electrons. The largest absolute Gasteiger partial charge is 0.347 e. The van der Waals surface area contributed by atoms with Crippen LogP contribution in [0.4, 0.5) is 4.39 Å². The highest BCUT2D eigenvalue weighted by atomic mass is 19.1. The third kappa shape index (κ3) is 4.01. The predicted octanol–water partition coefficient (Wildman–Crippen LogP) is 4.06. The van der Waals surface area contributed by atoms with E-state index in [1.807, 2.05) is 60.7 Å². The van der Waals surface area contributed by atoms with Crippen molar-refractivity contribution < 1.29 is 23.3 Å². The van der Waals surface area contributed by atoms with E-state index in [0.717, 1.165) is 11.1 Å². The Morgan fingerprint density at radius 1 is 1.07 bits per heavy atom. The fourth-order valence-electron chi connectivity index (χ4n) is 3.39. The maximum absolute atomic E-state index is 15.2. The van der Waals surface area contributed by atoms with Crippen molar-refractivity contribution in [3.05, 3.63) is 82.2 Å². The van der Waals surface area contributed by atoms with E-state index < -0.39 is 37.0 Å². The van der Waals surface area contributed by atoms with E-state index in [0.29, 0.717) is 0 Å². The van der Waals surface area contributed by atoms with Crippen LogP contribution in [0.5, 0.6) is 0 Å². The summed E-state index contributed by atoms with van der Waals surface area (Å²) in [6.07, 6.45) is -4.86. The number of alkyl halides is 1. The van der Waals surface area contributed by atoms with Crippen LogP contribution in [0.25, 0.3) is 10.4 Å². The number of hydrogen-bond donors (Lipinski definition) is 0. The van der Waals surface area contributed by atoms with Gasteiger partial charge in [-0.15, -0.1) is 0 Å². The second-order valence-corrected chi connectivity index (χ2v) is 6.66. The summed E-state index contributed by atoms with van der Waals surface area (Å²) in [5, 5.41) is 3.58. The van der Waals surface area contributed by atoms with Crippen molar-refractivity contribution in [2.24, 2.45) is 5.11 Å². The van der Waals surface area contributed by atoms with Crippen molar-refractivity contribution in [1.82, 2.24) is 0 Å². The number of hydrogen-bond acceptors (Lipinski definition) is 5. The average molecular weight is 385 g/mol. The number of azide groups is 1. The van der Waals surface area contributed by atoms with Crippen LogP contribution in [-0.4, -0.2) is 37.3 Å². The molecule has 0 spiro atoms. The minimum Gasteiger partial charge on any atom is -0.347 e. The third-order valence-corrected chi connectivity index (χ3v) is 4.80. The molecule has 8 heteroatoms. The van der Waals surface area contributed by atoms with Gasteiger partial charge >= 0.3 is 0 Å². The molecular formula is C20H20FN3O4. The number of benzene rings is 2.